The summed E-state index contributed by atoms with van der Waals surface area (Å²) in [4.78, 5) is 11.7. The van der Waals surface area contributed by atoms with Crippen LogP contribution in [-0.4, -0.2) is 31.8 Å². The van der Waals surface area contributed by atoms with Crippen LogP contribution in [0.15, 0.2) is 18.2 Å². The van der Waals surface area contributed by atoms with E-state index in [1.165, 1.54) is 0 Å². The van der Waals surface area contributed by atoms with Gasteiger partial charge in [-0.25, -0.2) is 4.79 Å². The second kappa shape index (κ2) is 5.93. The highest BCUT2D eigenvalue weighted by atomic mass is 16.5. The molecule has 5 nitrogen and oxygen atoms in total. The molecule has 3 N–H and O–H groups in total. The van der Waals surface area contributed by atoms with Gasteiger partial charge in [-0.15, -0.1) is 0 Å². The van der Waals surface area contributed by atoms with Crippen molar-refractivity contribution in [3.05, 3.63) is 23.8 Å². The van der Waals surface area contributed by atoms with E-state index in [1.807, 2.05) is 6.07 Å². The van der Waals surface area contributed by atoms with Gasteiger partial charge in [-0.3, -0.25) is 0 Å². The summed E-state index contributed by atoms with van der Waals surface area (Å²) < 4.78 is 10.2. The fraction of sp³-hybridized carbons (Fsp3) is 0.500. The van der Waals surface area contributed by atoms with Crippen LogP contribution in [-0.2, 0) is 9.47 Å². The van der Waals surface area contributed by atoms with Crippen molar-refractivity contribution >= 4 is 17.3 Å². The fourth-order valence-corrected chi connectivity index (χ4v) is 2.14. The summed E-state index contributed by atoms with van der Waals surface area (Å²) >= 11 is 0. The number of nitrogens with two attached hydrogens (primary N) is 1. The van der Waals surface area contributed by atoms with Crippen molar-refractivity contribution < 1.29 is 14.3 Å². The first-order valence-electron chi connectivity index (χ1n) is 6.50. The molecular formula is C14H20N2O3. The Kier molecular flexibility index (Phi) is 4.27. The highest BCUT2D eigenvalue weighted by Crippen LogP contribution is 2.27. The minimum Gasteiger partial charge on any atom is -0.462 e. The van der Waals surface area contributed by atoms with Gasteiger partial charge in [-0.2, -0.15) is 0 Å². The van der Waals surface area contributed by atoms with Gasteiger partial charge in [0.2, 0.25) is 0 Å². The lowest BCUT2D eigenvalue weighted by atomic mass is 9.89. The summed E-state index contributed by atoms with van der Waals surface area (Å²) in [5, 5.41) is 3.36. The fourth-order valence-electron chi connectivity index (χ4n) is 2.14. The first-order chi connectivity index (χ1) is 9.13. The van der Waals surface area contributed by atoms with E-state index in [0.29, 0.717) is 30.0 Å². The molecule has 0 bridgehead atoms. The highest BCUT2D eigenvalue weighted by molar-refractivity contribution is 5.96. The molecule has 1 aromatic carbocycles. The van der Waals surface area contributed by atoms with E-state index in [2.05, 4.69) is 5.32 Å². The summed E-state index contributed by atoms with van der Waals surface area (Å²) in [7, 11) is 1.73. The predicted octanol–water partition coefficient (Wildman–Crippen LogP) is 2.03. The van der Waals surface area contributed by atoms with Gasteiger partial charge in [-0.1, -0.05) is 0 Å². The highest BCUT2D eigenvalue weighted by Gasteiger charge is 2.28. The first kappa shape index (κ1) is 13.7. The molecule has 1 aromatic rings. The van der Waals surface area contributed by atoms with Crippen molar-refractivity contribution in [3.8, 4) is 0 Å². The Morgan fingerprint density at radius 2 is 2.21 bits per heavy atom. The molecular weight excluding hydrogens is 244 g/mol. The molecule has 104 valence electrons. The number of carbonyl (C=O) groups excluding carboxylic acids is 1. The maximum Gasteiger partial charge on any atom is 0.340 e. The summed E-state index contributed by atoms with van der Waals surface area (Å²) in [5.74, 6) is -0.382. The Balaban J connectivity index is 2.02. The second-order valence-electron chi connectivity index (χ2n) is 4.69. The predicted molar refractivity (Wildman–Crippen MR) is 74.3 cm³/mol. The zero-order chi connectivity index (χ0) is 13.8. The molecule has 0 heterocycles. The molecule has 0 atom stereocenters. The lowest BCUT2D eigenvalue weighted by Crippen LogP contribution is -2.40. The van der Waals surface area contributed by atoms with Crippen LogP contribution in [0, 0.1) is 0 Å². The number of benzene rings is 1. The molecule has 5 heteroatoms. The van der Waals surface area contributed by atoms with Gasteiger partial charge < -0.3 is 20.5 Å². The zero-order valence-electron chi connectivity index (χ0n) is 11.3. The van der Waals surface area contributed by atoms with E-state index >= 15 is 0 Å². The normalized spacial score (nSPS) is 21.6. The lowest BCUT2D eigenvalue weighted by Gasteiger charge is -2.35. The van der Waals surface area contributed by atoms with Crippen LogP contribution in [0.1, 0.15) is 30.1 Å². The maximum atomic E-state index is 11.7. The Morgan fingerprint density at radius 1 is 1.47 bits per heavy atom. The van der Waals surface area contributed by atoms with Gasteiger partial charge in [0.05, 0.1) is 18.3 Å². The Morgan fingerprint density at radius 3 is 2.84 bits per heavy atom. The van der Waals surface area contributed by atoms with Gasteiger partial charge >= 0.3 is 5.97 Å². The average molecular weight is 264 g/mol. The van der Waals surface area contributed by atoms with Crippen molar-refractivity contribution in [2.75, 3.05) is 24.8 Å². The maximum absolute atomic E-state index is 11.7. The third-order valence-corrected chi connectivity index (χ3v) is 3.35. The number of ether oxygens (including phenoxy) is 2. The number of anilines is 2. The van der Waals surface area contributed by atoms with Crippen molar-refractivity contribution in [2.45, 2.75) is 31.9 Å². The SMILES string of the molecule is CCOC(=O)c1cc(NC2CC(OC)C2)ccc1N. The largest absolute Gasteiger partial charge is 0.462 e. The monoisotopic (exact) mass is 264 g/mol. The van der Waals surface area contributed by atoms with Gasteiger partial charge in [0.15, 0.2) is 0 Å². The van der Waals surface area contributed by atoms with Crippen LogP contribution in [0.2, 0.25) is 0 Å². The smallest absolute Gasteiger partial charge is 0.340 e. The minimum absolute atomic E-state index is 0.341. The molecule has 0 radical (unpaired) electrons. The third-order valence-electron chi connectivity index (χ3n) is 3.35. The van der Waals surface area contributed by atoms with E-state index in [4.69, 9.17) is 15.2 Å². The van der Waals surface area contributed by atoms with Crippen LogP contribution in [0.3, 0.4) is 0 Å². The summed E-state index contributed by atoms with van der Waals surface area (Å²) in [5.41, 5.74) is 7.53. The number of nitrogen functional groups attached to an aromatic ring is 1. The Labute approximate surface area is 113 Å². The van der Waals surface area contributed by atoms with E-state index in [-0.39, 0.29) is 5.97 Å². The topological polar surface area (TPSA) is 73.6 Å². The average Bonchev–Trinajstić information content (AvgIpc) is 2.35. The Bertz CT molecular complexity index is 456. The molecule has 19 heavy (non-hydrogen) atoms. The minimum atomic E-state index is -0.382. The molecule has 0 amide bonds. The molecule has 0 unspecified atom stereocenters. The van der Waals surface area contributed by atoms with E-state index in [9.17, 15) is 4.79 Å². The number of hydrogen-bond acceptors (Lipinski definition) is 5. The van der Waals surface area contributed by atoms with Crippen molar-refractivity contribution in [1.82, 2.24) is 0 Å². The van der Waals surface area contributed by atoms with E-state index < -0.39 is 0 Å². The number of esters is 1. The Hall–Kier alpha value is -1.75. The third kappa shape index (κ3) is 3.17. The molecule has 1 saturated carbocycles. The van der Waals surface area contributed by atoms with Crippen molar-refractivity contribution in [1.29, 1.82) is 0 Å². The van der Waals surface area contributed by atoms with Gasteiger partial charge in [0, 0.05) is 24.5 Å². The van der Waals surface area contributed by atoms with E-state index in [1.54, 1.807) is 26.2 Å². The zero-order valence-corrected chi connectivity index (χ0v) is 11.3. The van der Waals surface area contributed by atoms with Gasteiger partial charge in [0.1, 0.15) is 0 Å². The summed E-state index contributed by atoms with van der Waals surface area (Å²) in [6.45, 7) is 2.11. The van der Waals surface area contributed by atoms with Crippen LogP contribution < -0.4 is 11.1 Å². The quantitative estimate of drug-likeness (QED) is 0.629. The van der Waals surface area contributed by atoms with Gasteiger partial charge in [-0.05, 0) is 38.0 Å². The number of rotatable bonds is 5. The molecule has 0 saturated heterocycles. The number of nitrogens with one attached hydrogen (secondary N) is 1. The number of hydrogen-bond donors (Lipinski definition) is 2. The molecule has 1 aliphatic carbocycles. The molecule has 0 aromatic heterocycles. The first-order valence-corrected chi connectivity index (χ1v) is 6.50. The molecule has 1 aliphatic rings. The molecule has 0 spiro atoms. The second-order valence-corrected chi connectivity index (χ2v) is 4.69. The van der Waals surface area contributed by atoms with Crippen molar-refractivity contribution in [2.24, 2.45) is 0 Å². The van der Waals surface area contributed by atoms with Crippen LogP contribution in [0.4, 0.5) is 11.4 Å². The lowest BCUT2D eigenvalue weighted by molar-refractivity contribution is 0.0328. The summed E-state index contributed by atoms with van der Waals surface area (Å²) in [6.07, 6.45) is 2.31. The van der Waals surface area contributed by atoms with Crippen LogP contribution >= 0.6 is 0 Å². The van der Waals surface area contributed by atoms with Crippen LogP contribution in [0.25, 0.3) is 0 Å². The van der Waals surface area contributed by atoms with Crippen LogP contribution in [0.5, 0.6) is 0 Å². The molecule has 0 aliphatic heterocycles. The number of methoxy groups -OCH3 is 1. The standard InChI is InChI=1S/C14H20N2O3/c1-3-19-14(17)12-8-9(4-5-13(12)15)16-10-6-11(7-10)18-2/h4-5,8,10-11,16H,3,6-7,15H2,1-2H3. The van der Waals surface area contributed by atoms with Crippen molar-refractivity contribution in [3.63, 3.8) is 0 Å². The molecule has 2 rings (SSSR count). The molecule has 1 fully saturated rings. The van der Waals surface area contributed by atoms with E-state index in [0.717, 1.165) is 18.5 Å². The summed E-state index contributed by atoms with van der Waals surface area (Å²) in [6, 6.07) is 5.73. The number of carbonyl (C=O) groups is 1. The van der Waals surface area contributed by atoms with Gasteiger partial charge in [0.25, 0.3) is 0 Å².